The van der Waals surface area contributed by atoms with E-state index < -0.39 is 30.8 Å². The summed E-state index contributed by atoms with van der Waals surface area (Å²) in [6, 6.07) is 4.85. The highest BCUT2D eigenvalue weighted by Crippen LogP contribution is 2.36. The van der Waals surface area contributed by atoms with E-state index in [2.05, 4.69) is 15.4 Å². The molecular weight excluding hydrogens is 469 g/mol. The van der Waals surface area contributed by atoms with E-state index in [0.717, 1.165) is 0 Å². The molecule has 1 heterocycles. The smallest absolute Gasteiger partial charge is 0.480 e. The molecule has 0 unspecified atom stereocenters. The molecule has 0 aromatic heterocycles. The second-order valence-electron chi connectivity index (χ2n) is 7.98. The second kappa shape index (κ2) is 11.4. The van der Waals surface area contributed by atoms with E-state index >= 15 is 0 Å². The summed E-state index contributed by atoms with van der Waals surface area (Å²) in [5.41, 5.74) is 0.554. The third kappa shape index (κ3) is 8.02. The number of rotatable bonds is 10. The van der Waals surface area contributed by atoms with Gasteiger partial charge in [0.2, 0.25) is 5.91 Å². The molecule has 8 nitrogen and oxygen atoms in total. The van der Waals surface area contributed by atoms with E-state index in [1.165, 1.54) is 0 Å². The van der Waals surface area contributed by atoms with Crippen molar-refractivity contribution >= 4 is 23.4 Å². The van der Waals surface area contributed by atoms with Gasteiger partial charge in [-0.15, -0.1) is 13.2 Å². The molecule has 0 radical (unpaired) electrons. The number of halogens is 4. The monoisotopic (exact) mass is 494 g/mol. The van der Waals surface area contributed by atoms with Gasteiger partial charge in [0.15, 0.2) is 6.10 Å². The van der Waals surface area contributed by atoms with Gasteiger partial charge in [-0.25, -0.2) is 0 Å². The van der Waals surface area contributed by atoms with Crippen LogP contribution in [0.4, 0.5) is 13.2 Å². The molecule has 1 aliphatic heterocycles. The van der Waals surface area contributed by atoms with Crippen LogP contribution in [0.2, 0.25) is 5.02 Å². The summed E-state index contributed by atoms with van der Waals surface area (Å²) in [7, 11) is 0. The third-order valence-electron chi connectivity index (χ3n) is 5.36. The first kappa shape index (κ1) is 25.5. The number of fused-ring (bicyclic) bond motifs is 1. The summed E-state index contributed by atoms with van der Waals surface area (Å²) in [4.78, 5) is 24.0. The number of ether oxygens (including phenoxy) is 3. The molecule has 1 aromatic carbocycles. The van der Waals surface area contributed by atoms with Crippen LogP contribution < -0.4 is 15.4 Å². The van der Waals surface area contributed by atoms with Crippen molar-refractivity contribution in [1.29, 1.82) is 0 Å². The fourth-order valence-electron chi connectivity index (χ4n) is 3.57. The lowest BCUT2D eigenvalue weighted by molar-refractivity contribution is -0.357. The molecule has 0 spiro atoms. The van der Waals surface area contributed by atoms with Gasteiger partial charge >= 0.3 is 6.36 Å². The zero-order chi connectivity index (χ0) is 24.0. The second-order valence-corrected chi connectivity index (χ2v) is 8.41. The molecule has 12 heteroatoms. The first-order valence-electron chi connectivity index (χ1n) is 10.7. The first-order chi connectivity index (χ1) is 15.6. The minimum atomic E-state index is -4.66. The van der Waals surface area contributed by atoms with E-state index in [4.69, 9.17) is 21.1 Å². The molecule has 2 amide bonds. The van der Waals surface area contributed by atoms with Crippen LogP contribution in [-0.4, -0.2) is 61.3 Å². The maximum Gasteiger partial charge on any atom is 0.522 e. The molecule has 1 fully saturated rings. The van der Waals surface area contributed by atoms with Crippen LogP contribution >= 0.6 is 11.6 Å². The average molecular weight is 495 g/mol. The van der Waals surface area contributed by atoms with E-state index in [-0.39, 0.29) is 37.7 Å². The number of nitrogens with one attached hydrogen (secondary N) is 2. The van der Waals surface area contributed by atoms with Gasteiger partial charge in [0.05, 0.1) is 18.3 Å². The number of carbonyl (C=O) groups excluding carboxylic acids is 2. The largest absolute Gasteiger partial charge is 0.522 e. The molecule has 184 valence electrons. The Bertz CT molecular complexity index is 835. The maximum absolute atomic E-state index is 12.3. The zero-order valence-electron chi connectivity index (χ0n) is 17.7. The number of unbranched alkanes of at least 4 members (excludes halogenated alkanes) is 1. The van der Waals surface area contributed by atoms with Crippen LogP contribution in [0.5, 0.6) is 5.75 Å². The number of aliphatic hydroxyl groups is 1. The van der Waals surface area contributed by atoms with Gasteiger partial charge in [0.25, 0.3) is 5.91 Å². The van der Waals surface area contributed by atoms with Crippen LogP contribution in [0.1, 0.15) is 43.8 Å². The summed E-state index contributed by atoms with van der Waals surface area (Å²) in [5.74, 6) is -0.267. The first-order valence-corrected chi connectivity index (χ1v) is 11.0. The maximum atomic E-state index is 12.3. The Balaban J connectivity index is 1.22. The molecule has 2 atom stereocenters. The minimum Gasteiger partial charge on any atom is -0.480 e. The van der Waals surface area contributed by atoms with Gasteiger partial charge in [-0.2, -0.15) is 0 Å². The van der Waals surface area contributed by atoms with E-state index in [1.54, 1.807) is 18.2 Å². The van der Waals surface area contributed by atoms with E-state index in [1.807, 2.05) is 0 Å². The molecule has 0 bridgehead atoms. The molecular formula is C21H26ClF3N2O6. The number of alkyl halides is 3. The molecule has 3 N–H and O–H groups in total. The van der Waals surface area contributed by atoms with Crippen LogP contribution in [0.25, 0.3) is 0 Å². The van der Waals surface area contributed by atoms with Crippen molar-refractivity contribution in [2.75, 3.05) is 19.7 Å². The number of benzene rings is 1. The summed E-state index contributed by atoms with van der Waals surface area (Å²) < 4.78 is 50.9. The molecule has 1 aromatic rings. The molecule has 3 rings (SSSR count). The SMILES string of the molecule is O=C(CO[C@H]1C[C@@H](OC(F)(F)F)C1)NCCCCNC(=O)[C@H]1C[C@@H](O)c2cc(Cl)ccc2O1. The number of hydrogen-bond acceptors (Lipinski definition) is 6. The third-order valence-corrected chi connectivity index (χ3v) is 5.59. The normalized spacial score (nSPS) is 24.3. The zero-order valence-corrected chi connectivity index (χ0v) is 18.5. The van der Waals surface area contributed by atoms with Crippen molar-refractivity contribution in [2.45, 2.75) is 62.9 Å². The molecule has 0 saturated heterocycles. The van der Waals surface area contributed by atoms with Crippen molar-refractivity contribution < 1.29 is 42.1 Å². The summed E-state index contributed by atoms with van der Waals surface area (Å²) in [6.07, 6.45) is -6.09. The van der Waals surface area contributed by atoms with Crippen molar-refractivity contribution in [3.05, 3.63) is 28.8 Å². The summed E-state index contributed by atoms with van der Waals surface area (Å²) in [6.45, 7) is 0.515. The Morgan fingerprint density at radius 2 is 1.82 bits per heavy atom. The highest BCUT2D eigenvalue weighted by Gasteiger charge is 2.40. The van der Waals surface area contributed by atoms with E-state index in [0.29, 0.717) is 42.3 Å². The number of aliphatic hydroxyl groups excluding tert-OH is 1. The van der Waals surface area contributed by atoms with E-state index in [9.17, 15) is 27.9 Å². The minimum absolute atomic E-state index is 0.105. The standard InChI is InChI=1S/C21H26ClF3N2O6/c22-12-3-4-17-15(7-12)16(28)10-18(32-17)20(30)27-6-2-1-5-26-19(29)11-31-13-8-14(9-13)33-21(23,24)25/h3-4,7,13-14,16,18,28H,1-2,5-6,8-11H2,(H,26,29)(H,27,30)/t13-,14+,16-,18-/m1/s1. The number of carbonyl (C=O) groups is 2. The molecule has 1 aliphatic carbocycles. The molecule has 2 aliphatic rings. The average Bonchev–Trinajstić information content (AvgIpc) is 2.71. The Hall–Kier alpha value is -2.08. The Labute approximate surface area is 193 Å². The molecule has 33 heavy (non-hydrogen) atoms. The van der Waals surface area contributed by atoms with Crippen molar-refractivity contribution in [3.8, 4) is 5.75 Å². The highest BCUT2D eigenvalue weighted by atomic mass is 35.5. The van der Waals surface area contributed by atoms with Crippen LogP contribution in [-0.2, 0) is 19.1 Å². The van der Waals surface area contributed by atoms with Gasteiger partial charge in [0.1, 0.15) is 12.4 Å². The topological polar surface area (TPSA) is 106 Å². The van der Waals surface area contributed by atoms with Gasteiger partial charge in [-0.05, 0) is 31.0 Å². The molecule has 1 saturated carbocycles. The van der Waals surface area contributed by atoms with Gasteiger partial charge in [-0.1, -0.05) is 11.6 Å². The number of amides is 2. The fraction of sp³-hybridized carbons (Fsp3) is 0.619. The van der Waals surface area contributed by atoms with Crippen molar-refractivity contribution in [1.82, 2.24) is 10.6 Å². The fourth-order valence-corrected chi connectivity index (χ4v) is 3.75. The Kier molecular flexibility index (Phi) is 8.80. The Morgan fingerprint density at radius 3 is 2.52 bits per heavy atom. The van der Waals surface area contributed by atoms with Gasteiger partial charge in [-0.3, -0.25) is 14.3 Å². The lowest BCUT2D eigenvalue weighted by Gasteiger charge is -2.34. The summed E-state index contributed by atoms with van der Waals surface area (Å²) in [5, 5.41) is 16.1. The van der Waals surface area contributed by atoms with Crippen LogP contribution in [0.3, 0.4) is 0 Å². The lowest BCUT2D eigenvalue weighted by atomic mass is 9.92. The predicted molar refractivity (Wildman–Crippen MR) is 111 cm³/mol. The van der Waals surface area contributed by atoms with Gasteiger partial charge < -0.3 is 25.2 Å². The lowest BCUT2D eigenvalue weighted by Crippen LogP contribution is -2.42. The number of hydrogen-bond donors (Lipinski definition) is 3. The van der Waals surface area contributed by atoms with Crippen molar-refractivity contribution in [3.63, 3.8) is 0 Å². The van der Waals surface area contributed by atoms with Gasteiger partial charge in [0, 0.05) is 42.9 Å². The van der Waals surface area contributed by atoms with Crippen LogP contribution in [0, 0.1) is 0 Å². The quantitative estimate of drug-likeness (QED) is 0.432. The predicted octanol–water partition coefficient (Wildman–Crippen LogP) is 2.62. The highest BCUT2D eigenvalue weighted by molar-refractivity contribution is 6.30. The summed E-state index contributed by atoms with van der Waals surface area (Å²) >= 11 is 5.92. The van der Waals surface area contributed by atoms with Crippen molar-refractivity contribution in [2.24, 2.45) is 0 Å². The van der Waals surface area contributed by atoms with Crippen LogP contribution in [0.15, 0.2) is 18.2 Å². The Morgan fingerprint density at radius 1 is 1.12 bits per heavy atom.